The average molecular weight is 282 g/mol. The number of carbonyl (C=O) groups is 1. The molecule has 114 valence electrons. The van der Waals surface area contributed by atoms with E-state index in [9.17, 15) is 4.79 Å². The third-order valence-corrected chi connectivity index (χ3v) is 5.37. The molecular weight excluding hydrogens is 256 g/mol. The molecule has 0 aromatic heterocycles. The minimum Gasteiger partial charge on any atom is -0.354 e. The van der Waals surface area contributed by atoms with Crippen molar-refractivity contribution in [2.75, 3.05) is 20.8 Å². The van der Waals surface area contributed by atoms with Crippen molar-refractivity contribution < 1.29 is 14.3 Å². The van der Waals surface area contributed by atoms with Crippen LogP contribution < -0.4 is 10.6 Å². The van der Waals surface area contributed by atoms with E-state index in [4.69, 9.17) is 9.47 Å². The predicted octanol–water partition coefficient (Wildman–Crippen LogP) is 1.87. The number of methoxy groups -OCH3 is 2. The quantitative estimate of drug-likeness (QED) is 0.757. The largest absolute Gasteiger partial charge is 0.354 e. The van der Waals surface area contributed by atoms with E-state index in [1.165, 1.54) is 38.5 Å². The van der Waals surface area contributed by atoms with Crippen molar-refractivity contribution in [2.24, 2.45) is 17.8 Å². The fourth-order valence-electron chi connectivity index (χ4n) is 4.99. The molecule has 0 radical (unpaired) electrons. The van der Waals surface area contributed by atoms with Gasteiger partial charge in [0.15, 0.2) is 6.29 Å². The van der Waals surface area contributed by atoms with Crippen LogP contribution in [-0.2, 0) is 9.47 Å². The van der Waals surface area contributed by atoms with Gasteiger partial charge >= 0.3 is 6.03 Å². The highest BCUT2D eigenvalue weighted by atomic mass is 16.7. The number of nitrogens with one attached hydrogen (secondary N) is 2. The number of ether oxygens (including phenoxy) is 2. The normalized spacial score (nSPS) is 38.2. The lowest BCUT2D eigenvalue weighted by Crippen LogP contribution is -2.61. The number of hydrogen-bond acceptors (Lipinski definition) is 3. The summed E-state index contributed by atoms with van der Waals surface area (Å²) < 4.78 is 10.2. The lowest BCUT2D eigenvalue weighted by molar-refractivity contribution is -0.0974. The molecule has 4 saturated carbocycles. The van der Waals surface area contributed by atoms with Crippen LogP contribution in [0.4, 0.5) is 4.79 Å². The lowest BCUT2D eigenvalue weighted by atomic mass is 9.53. The van der Waals surface area contributed by atoms with Crippen LogP contribution in [0.1, 0.15) is 38.5 Å². The summed E-state index contributed by atoms with van der Waals surface area (Å²) in [5.41, 5.74) is 0.0640. The van der Waals surface area contributed by atoms with Crippen molar-refractivity contribution in [3.05, 3.63) is 0 Å². The summed E-state index contributed by atoms with van der Waals surface area (Å²) in [7, 11) is 3.15. The molecule has 4 fully saturated rings. The maximum Gasteiger partial charge on any atom is 0.315 e. The topological polar surface area (TPSA) is 59.6 Å². The van der Waals surface area contributed by atoms with Gasteiger partial charge < -0.3 is 20.1 Å². The molecule has 4 aliphatic carbocycles. The standard InChI is InChI=1S/C15H26N2O3/c1-19-13(20-2)9-16-14(18)17-15-6-10-3-11(7-15)5-12(4-10)8-15/h10-13H,3-9H2,1-2H3,(H2,16,17,18). The minimum atomic E-state index is -0.378. The average Bonchev–Trinajstić information content (AvgIpc) is 2.37. The van der Waals surface area contributed by atoms with E-state index in [1.807, 2.05) is 0 Å². The second kappa shape index (κ2) is 5.53. The zero-order chi connectivity index (χ0) is 14.2. The van der Waals surface area contributed by atoms with E-state index in [0.29, 0.717) is 6.54 Å². The Morgan fingerprint density at radius 1 is 1.10 bits per heavy atom. The summed E-state index contributed by atoms with van der Waals surface area (Å²) in [5.74, 6) is 2.52. The molecule has 0 heterocycles. The molecular formula is C15H26N2O3. The third-order valence-electron chi connectivity index (χ3n) is 5.37. The predicted molar refractivity (Wildman–Crippen MR) is 75.2 cm³/mol. The van der Waals surface area contributed by atoms with Crippen molar-refractivity contribution in [3.63, 3.8) is 0 Å². The molecule has 0 aromatic rings. The molecule has 0 saturated heterocycles. The number of amides is 2. The fraction of sp³-hybridized carbons (Fsp3) is 0.933. The maximum atomic E-state index is 12.1. The number of carbonyl (C=O) groups excluding carboxylic acids is 1. The van der Waals surface area contributed by atoms with Crippen LogP contribution in [0, 0.1) is 17.8 Å². The molecule has 0 atom stereocenters. The van der Waals surface area contributed by atoms with Crippen LogP contribution in [0.2, 0.25) is 0 Å². The first-order chi connectivity index (χ1) is 9.62. The molecule has 4 bridgehead atoms. The Morgan fingerprint density at radius 2 is 1.60 bits per heavy atom. The van der Waals surface area contributed by atoms with Crippen LogP contribution in [0.15, 0.2) is 0 Å². The van der Waals surface area contributed by atoms with Gasteiger partial charge in [-0.3, -0.25) is 0 Å². The van der Waals surface area contributed by atoms with Crippen LogP contribution in [0.25, 0.3) is 0 Å². The monoisotopic (exact) mass is 282 g/mol. The first-order valence-electron chi connectivity index (χ1n) is 7.74. The van der Waals surface area contributed by atoms with Gasteiger partial charge in [0.05, 0.1) is 6.54 Å². The highest BCUT2D eigenvalue weighted by Gasteiger charge is 2.51. The van der Waals surface area contributed by atoms with E-state index < -0.39 is 0 Å². The summed E-state index contributed by atoms with van der Waals surface area (Å²) >= 11 is 0. The summed E-state index contributed by atoms with van der Waals surface area (Å²) in [5, 5.41) is 6.13. The van der Waals surface area contributed by atoms with Gasteiger partial charge in [0.25, 0.3) is 0 Å². The molecule has 5 heteroatoms. The van der Waals surface area contributed by atoms with Crippen molar-refractivity contribution >= 4 is 6.03 Å². The first kappa shape index (κ1) is 14.1. The molecule has 20 heavy (non-hydrogen) atoms. The highest BCUT2D eigenvalue weighted by Crippen LogP contribution is 2.55. The zero-order valence-corrected chi connectivity index (χ0v) is 12.5. The van der Waals surface area contributed by atoms with Crippen molar-refractivity contribution in [2.45, 2.75) is 50.4 Å². The van der Waals surface area contributed by atoms with Crippen molar-refractivity contribution in [3.8, 4) is 0 Å². The summed E-state index contributed by atoms with van der Waals surface area (Å²) in [6, 6.07) is -0.0777. The molecule has 4 rings (SSSR count). The molecule has 0 aromatic carbocycles. The second-order valence-electron chi connectivity index (χ2n) is 6.93. The van der Waals surface area contributed by atoms with Gasteiger partial charge in [-0.2, -0.15) is 0 Å². The van der Waals surface area contributed by atoms with Gasteiger partial charge in [-0.1, -0.05) is 0 Å². The number of urea groups is 1. The summed E-state index contributed by atoms with van der Waals surface area (Å²) in [6.07, 6.45) is 7.30. The molecule has 2 N–H and O–H groups in total. The van der Waals surface area contributed by atoms with Gasteiger partial charge in [0.1, 0.15) is 0 Å². The van der Waals surface area contributed by atoms with Crippen molar-refractivity contribution in [1.29, 1.82) is 0 Å². The molecule has 0 unspecified atom stereocenters. The highest BCUT2D eigenvalue weighted by molar-refractivity contribution is 5.74. The maximum absolute atomic E-state index is 12.1. The van der Waals surface area contributed by atoms with E-state index in [0.717, 1.165) is 17.8 Å². The summed E-state index contributed by atoms with van der Waals surface area (Å²) in [6.45, 7) is 0.380. The van der Waals surface area contributed by atoms with E-state index in [1.54, 1.807) is 14.2 Å². The Labute approximate surface area is 120 Å². The second-order valence-corrected chi connectivity index (χ2v) is 6.93. The van der Waals surface area contributed by atoms with Crippen LogP contribution in [-0.4, -0.2) is 38.6 Å². The van der Waals surface area contributed by atoms with Gasteiger partial charge in [-0.05, 0) is 56.3 Å². The van der Waals surface area contributed by atoms with E-state index in [2.05, 4.69) is 10.6 Å². The molecule has 5 nitrogen and oxygen atoms in total. The Hall–Kier alpha value is -0.810. The van der Waals surface area contributed by atoms with Crippen LogP contribution in [0.3, 0.4) is 0 Å². The fourth-order valence-corrected chi connectivity index (χ4v) is 4.99. The Kier molecular flexibility index (Phi) is 3.91. The van der Waals surface area contributed by atoms with Gasteiger partial charge in [-0.25, -0.2) is 4.79 Å². The lowest BCUT2D eigenvalue weighted by Gasteiger charge is -2.56. The Morgan fingerprint density at radius 3 is 2.05 bits per heavy atom. The third kappa shape index (κ3) is 2.79. The zero-order valence-electron chi connectivity index (χ0n) is 12.5. The first-order valence-corrected chi connectivity index (χ1v) is 7.74. The van der Waals surface area contributed by atoms with E-state index in [-0.39, 0.29) is 17.9 Å². The molecule has 0 spiro atoms. The van der Waals surface area contributed by atoms with Gasteiger partial charge in [-0.15, -0.1) is 0 Å². The van der Waals surface area contributed by atoms with E-state index >= 15 is 0 Å². The van der Waals surface area contributed by atoms with Crippen LogP contribution in [0.5, 0.6) is 0 Å². The Balaban J connectivity index is 1.53. The number of rotatable bonds is 5. The van der Waals surface area contributed by atoms with Crippen LogP contribution >= 0.6 is 0 Å². The molecule has 4 aliphatic rings. The number of hydrogen-bond donors (Lipinski definition) is 2. The Bertz CT molecular complexity index is 333. The SMILES string of the molecule is COC(CNC(=O)NC12CC3CC(CC(C3)C1)C2)OC. The smallest absolute Gasteiger partial charge is 0.315 e. The minimum absolute atomic E-state index is 0.0640. The molecule has 0 aliphatic heterocycles. The summed E-state index contributed by atoms with van der Waals surface area (Å²) in [4.78, 5) is 12.1. The molecule has 2 amide bonds. The van der Waals surface area contributed by atoms with Gasteiger partial charge in [0, 0.05) is 19.8 Å². The van der Waals surface area contributed by atoms with Gasteiger partial charge in [0.2, 0.25) is 0 Å². The van der Waals surface area contributed by atoms with Crippen molar-refractivity contribution in [1.82, 2.24) is 10.6 Å².